The van der Waals surface area contributed by atoms with Crippen LogP contribution in [0.2, 0.25) is 0 Å². The highest BCUT2D eigenvalue weighted by Gasteiger charge is 2.03. The van der Waals surface area contributed by atoms with E-state index in [2.05, 4.69) is 19.9 Å². The fourth-order valence-electron chi connectivity index (χ4n) is 1.70. The van der Waals surface area contributed by atoms with Gasteiger partial charge in [0, 0.05) is 5.56 Å². The minimum Gasteiger partial charge on any atom is -0.345 e. The molecule has 6 heteroatoms. The molecule has 3 aromatic rings. The average Bonchev–Trinajstić information content (AvgIpc) is 2.83. The number of fused-ring (bicyclic) bond motifs is 1. The second-order valence-corrected chi connectivity index (χ2v) is 3.63. The lowest BCUT2D eigenvalue weighted by Crippen LogP contribution is -2.28. The Bertz CT molecular complexity index is 783. The van der Waals surface area contributed by atoms with E-state index in [0.29, 0.717) is 11.0 Å². The topological polar surface area (TPSA) is 94.4 Å². The quantitative estimate of drug-likeness (QED) is 0.532. The highest BCUT2D eigenvalue weighted by atomic mass is 16.2. The summed E-state index contributed by atoms with van der Waals surface area (Å²) in [6.45, 7) is 0. The van der Waals surface area contributed by atoms with Crippen molar-refractivity contribution >= 4 is 11.0 Å². The van der Waals surface area contributed by atoms with Crippen LogP contribution >= 0.6 is 0 Å². The number of benzene rings is 1. The van der Waals surface area contributed by atoms with Gasteiger partial charge in [0.1, 0.15) is 0 Å². The van der Waals surface area contributed by atoms with Crippen molar-refractivity contribution in [1.29, 1.82) is 0 Å². The van der Waals surface area contributed by atoms with Crippen molar-refractivity contribution in [2.24, 2.45) is 0 Å². The summed E-state index contributed by atoms with van der Waals surface area (Å²) >= 11 is 0. The molecule has 2 heterocycles. The Kier molecular flexibility index (Phi) is 1.94. The molecule has 0 atom stereocenters. The van der Waals surface area contributed by atoms with Crippen molar-refractivity contribution in [3.8, 4) is 11.3 Å². The number of aromatic amines is 3. The molecule has 0 radical (unpaired) electrons. The maximum Gasteiger partial charge on any atom is 0.314 e. The van der Waals surface area contributed by atoms with Gasteiger partial charge in [-0.3, -0.25) is 9.59 Å². The molecular weight excluding hydrogens is 220 g/mol. The Morgan fingerprint density at radius 3 is 2.47 bits per heavy atom. The van der Waals surface area contributed by atoms with E-state index >= 15 is 0 Å². The number of nitrogens with zero attached hydrogens (tertiary/aromatic N) is 1. The smallest absolute Gasteiger partial charge is 0.314 e. The predicted molar refractivity (Wildman–Crippen MR) is 62.8 cm³/mol. The van der Waals surface area contributed by atoms with Gasteiger partial charge in [0.2, 0.25) is 0 Å². The molecule has 0 bridgehead atoms. The first kappa shape index (κ1) is 9.59. The molecule has 17 heavy (non-hydrogen) atoms. The molecule has 2 aromatic heterocycles. The van der Waals surface area contributed by atoms with Crippen molar-refractivity contribution in [2.75, 3.05) is 0 Å². The number of H-pyrrole nitrogens is 3. The summed E-state index contributed by atoms with van der Waals surface area (Å²) < 4.78 is 0. The fourth-order valence-corrected chi connectivity index (χ4v) is 1.70. The first-order valence-electron chi connectivity index (χ1n) is 4.99. The third kappa shape index (κ3) is 1.55. The van der Waals surface area contributed by atoms with Gasteiger partial charge in [0.05, 0.1) is 29.3 Å². The number of aromatic nitrogens is 4. The van der Waals surface area contributed by atoms with E-state index in [0.717, 1.165) is 11.3 Å². The van der Waals surface area contributed by atoms with Gasteiger partial charge in [-0.15, -0.1) is 0 Å². The Morgan fingerprint density at radius 2 is 1.76 bits per heavy atom. The Balaban J connectivity index is 2.30. The highest BCUT2D eigenvalue weighted by Crippen LogP contribution is 2.18. The minimum absolute atomic E-state index is 0.585. The lowest BCUT2D eigenvalue weighted by molar-refractivity contribution is 1.15. The van der Waals surface area contributed by atoms with Crippen LogP contribution in [0.25, 0.3) is 22.3 Å². The van der Waals surface area contributed by atoms with Crippen LogP contribution in [0.5, 0.6) is 0 Å². The second kappa shape index (κ2) is 3.44. The lowest BCUT2D eigenvalue weighted by Gasteiger charge is -2.00. The Hall–Kier alpha value is -2.63. The highest BCUT2D eigenvalue weighted by molar-refractivity contribution is 5.79. The number of hydrogen-bond acceptors (Lipinski definition) is 3. The third-order valence-electron chi connectivity index (χ3n) is 2.53. The zero-order valence-electron chi connectivity index (χ0n) is 8.65. The van der Waals surface area contributed by atoms with Gasteiger partial charge in [-0.25, -0.2) is 4.98 Å². The van der Waals surface area contributed by atoms with E-state index in [9.17, 15) is 9.59 Å². The average molecular weight is 228 g/mol. The summed E-state index contributed by atoms with van der Waals surface area (Å²) in [5.74, 6) is 0. The molecule has 0 fully saturated rings. The van der Waals surface area contributed by atoms with Crippen LogP contribution in [0.3, 0.4) is 0 Å². The van der Waals surface area contributed by atoms with E-state index in [1.165, 1.54) is 0 Å². The van der Waals surface area contributed by atoms with E-state index < -0.39 is 11.1 Å². The number of hydrogen-bond donors (Lipinski definition) is 3. The minimum atomic E-state index is -0.653. The summed E-state index contributed by atoms with van der Waals surface area (Å²) in [7, 11) is 0. The molecule has 0 aliphatic heterocycles. The molecule has 0 amide bonds. The van der Waals surface area contributed by atoms with Crippen LogP contribution < -0.4 is 11.1 Å². The van der Waals surface area contributed by atoms with Gasteiger partial charge in [-0.2, -0.15) is 0 Å². The summed E-state index contributed by atoms with van der Waals surface area (Å²) in [6, 6.07) is 5.35. The van der Waals surface area contributed by atoms with E-state index in [4.69, 9.17) is 0 Å². The van der Waals surface area contributed by atoms with Crippen LogP contribution in [0.4, 0.5) is 0 Å². The normalized spacial score (nSPS) is 10.8. The molecule has 1 aromatic carbocycles. The zero-order valence-corrected chi connectivity index (χ0v) is 8.65. The molecule has 84 valence electrons. The van der Waals surface area contributed by atoms with Crippen LogP contribution in [-0.4, -0.2) is 19.9 Å². The molecular formula is C11H8N4O2. The van der Waals surface area contributed by atoms with E-state index in [1.807, 2.05) is 6.07 Å². The maximum atomic E-state index is 11.2. The predicted octanol–water partition coefficient (Wildman–Crippen LogP) is 0.606. The third-order valence-corrected chi connectivity index (χ3v) is 2.53. The van der Waals surface area contributed by atoms with Crippen molar-refractivity contribution in [1.82, 2.24) is 19.9 Å². The van der Waals surface area contributed by atoms with Crippen LogP contribution in [-0.2, 0) is 0 Å². The number of rotatable bonds is 1. The SMILES string of the molecule is O=c1[nH]c2ccc(-c3cnc[nH]3)cc2[nH]c1=O. The lowest BCUT2D eigenvalue weighted by atomic mass is 10.1. The van der Waals surface area contributed by atoms with Gasteiger partial charge >= 0.3 is 11.1 Å². The van der Waals surface area contributed by atoms with Gasteiger partial charge in [0.25, 0.3) is 0 Å². The number of imidazole rings is 1. The molecule has 3 N–H and O–H groups in total. The Labute approximate surface area is 94.4 Å². The fraction of sp³-hybridized carbons (Fsp3) is 0. The van der Waals surface area contributed by atoms with Crippen molar-refractivity contribution < 1.29 is 0 Å². The van der Waals surface area contributed by atoms with E-state index in [-0.39, 0.29) is 0 Å². The molecule has 0 aliphatic rings. The van der Waals surface area contributed by atoms with Gasteiger partial charge in [-0.1, -0.05) is 6.07 Å². The van der Waals surface area contributed by atoms with Crippen LogP contribution in [0.15, 0.2) is 40.3 Å². The Morgan fingerprint density at radius 1 is 1.00 bits per heavy atom. The second-order valence-electron chi connectivity index (χ2n) is 3.63. The molecule has 0 unspecified atom stereocenters. The first-order valence-corrected chi connectivity index (χ1v) is 4.99. The molecule has 0 saturated heterocycles. The van der Waals surface area contributed by atoms with Crippen molar-refractivity contribution in [3.63, 3.8) is 0 Å². The largest absolute Gasteiger partial charge is 0.345 e. The van der Waals surface area contributed by atoms with Crippen LogP contribution in [0.1, 0.15) is 0 Å². The molecule has 0 saturated carbocycles. The molecule has 6 nitrogen and oxygen atoms in total. The summed E-state index contributed by atoms with van der Waals surface area (Å²) in [5, 5.41) is 0. The number of nitrogens with one attached hydrogen (secondary N) is 3. The van der Waals surface area contributed by atoms with Crippen molar-refractivity contribution in [2.45, 2.75) is 0 Å². The summed E-state index contributed by atoms with van der Waals surface area (Å²) in [5.41, 5.74) is 1.61. The van der Waals surface area contributed by atoms with Crippen molar-refractivity contribution in [3.05, 3.63) is 51.4 Å². The zero-order chi connectivity index (χ0) is 11.8. The summed E-state index contributed by atoms with van der Waals surface area (Å²) in [6.07, 6.45) is 3.26. The van der Waals surface area contributed by atoms with Gasteiger partial charge in [-0.05, 0) is 12.1 Å². The molecule has 3 rings (SSSR count). The maximum absolute atomic E-state index is 11.2. The van der Waals surface area contributed by atoms with Gasteiger partial charge in [0.15, 0.2) is 0 Å². The standard InChI is InChI=1S/C11H8N4O2/c16-10-11(17)15-8-3-6(1-2-7(8)14-10)9-4-12-5-13-9/h1-5H,(H,12,13)(H,14,16)(H,15,17). The van der Waals surface area contributed by atoms with Crippen LogP contribution in [0, 0.1) is 0 Å². The molecule has 0 aliphatic carbocycles. The van der Waals surface area contributed by atoms with E-state index in [1.54, 1.807) is 24.7 Å². The monoisotopic (exact) mass is 228 g/mol. The summed E-state index contributed by atoms with van der Waals surface area (Å²) in [4.78, 5) is 34.3. The molecule has 0 spiro atoms. The van der Waals surface area contributed by atoms with Gasteiger partial charge < -0.3 is 15.0 Å². The first-order chi connectivity index (χ1) is 8.24.